The molecule has 1 fully saturated rings. The van der Waals surface area contributed by atoms with Crippen LogP contribution in [0.5, 0.6) is 0 Å². The van der Waals surface area contributed by atoms with E-state index < -0.39 is 17.2 Å². The van der Waals surface area contributed by atoms with Gasteiger partial charge in [0, 0.05) is 0 Å². The lowest BCUT2D eigenvalue weighted by molar-refractivity contribution is 0.295. The highest BCUT2D eigenvalue weighted by molar-refractivity contribution is 5.35. The number of aryl methyl sites for hydroxylation is 1. The van der Waals surface area contributed by atoms with Crippen molar-refractivity contribution in [3.8, 4) is 6.07 Å². The molecule has 1 aromatic carbocycles. The minimum absolute atomic E-state index is 0.478. The Hall–Kier alpha value is -1.69. The second kappa shape index (κ2) is 9.57. The van der Waals surface area contributed by atoms with E-state index in [1.54, 1.807) is 6.07 Å². The molecule has 1 nitrogen and oxygen atoms in total. The number of rotatable bonds is 7. The van der Waals surface area contributed by atoms with Gasteiger partial charge in [-0.05, 0) is 74.5 Å². The van der Waals surface area contributed by atoms with Crippen LogP contribution in [0.15, 0.2) is 24.3 Å². The molecule has 0 saturated heterocycles. The number of nitrogens with zero attached hydrogens (tertiary/aromatic N) is 1. The molecule has 0 spiro atoms. The highest BCUT2D eigenvalue weighted by atomic mass is 19.1. The first-order valence-corrected chi connectivity index (χ1v) is 9.18. The molecule has 0 amide bonds. The summed E-state index contributed by atoms with van der Waals surface area (Å²) in [7, 11) is 0. The second-order valence-corrected chi connectivity index (χ2v) is 6.94. The third-order valence-corrected chi connectivity index (χ3v) is 5.08. The molecule has 1 aliphatic carbocycles. The Morgan fingerprint density at radius 3 is 2.42 bits per heavy atom. The number of benzene rings is 1. The van der Waals surface area contributed by atoms with Crippen molar-refractivity contribution >= 4 is 0 Å². The van der Waals surface area contributed by atoms with E-state index in [-0.39, 0.29) is 0 Å². The molecular formula is C21H27F2N. The fourth-order valence-electron chi connectivity index (χ4n) is 3.53. The summed E-state index contributed by atoms with van der Waals surface area (Å²) in [4.78, 5) is 0. The summed E-state index contributed by atoms with van der Waals surface area (Å²) in [5, 5.41) is 8.70. The Balaban J connectivity index is 1.77. The minimum Gasteiger partial charge on any atom is -0.205 e. The van der Waals surface area contributed by atoms with E-state index in [0.29, 0.717) is 23.8 Å². The standard InChI is InChI=1S/C21H27F2N/c1-2-3-4-5-6-16-7-9-17(10-8-16)11-12-18-13-20(22)19(15-24)21(23)14-18/h5-6,13-14,16-17H,2-4,7-12H2,1H3/b6-5+. The second-order valence-electron chi connectivity index (χ2n) is 6.94. The van der Waals surface area contributed by atoms with Crippen LogP contribution in [0.1, 0.15) is 69.4 Å². The van der Waals surface area contributed by atoms with Crippen molar-refractivity contribution in [1.29, 1.82) is 5.26 Å². The Morgan fingerprint density at radius 2 is 1.83 bits per heavy atom. The summed E-state index contributed by atoms with van der Waals surface area (Å²) < 4.78 is 27.3. The van der Waals surface area contributed by atoms with Gasteiger partial charge in [0.2, 0.25) is 0 Å². The van der Waals surface area contributed by atoms with Crippen LogP contribution < -0.4 is 0 Å². The molecular weight excluding hydrogens is 304 g/mol. The number of halogens is 2. The molecule has 1 aliphatic rings. The largest absolute Gasteiger partial charge is 0.205 e. The van der Waals surface area contributed by atoms with Gasteiger partial charge in [-0.15, -0.1) is 0 Å². The maximum atomic E-state index is 13.6. The molecule has 0 bridgehead atoms. The van der Waals surface area contributed by atoms with Crippen molar-refractivity contribution in [3.63, 3.8) is 0 Å². The van der Waals surface area contributed by atoms with Gasteiger partial charge in [0.15, 0.2) is 0 Å². The third-order valence-electron chi connectivity index (χ3n) is 5.08. The summed E-state index contributed by atoms with van der Waals surface area (Å²) >= 11 is 0. The molecule has 1 saturated carbocycles. The number of unbranched alkanes of at least 4 members (excludes halogenated alkanes) is 2. The average Bonchev–Trinajstić information content (AvgIpc) is 2.58. The molecule has 0 aliphatic heterocycles. The Kier molecular flexibility index (Phi) is 7.43. The monoisotopic (exact) mass is 331 g/mol. The van der Waals surface area contributed by atoms with Crippen molar-refractivity contribution in [1.82, 2.24) is 0 Å². The maximum Gasteiger partial charge on any atom is 0.144 e. The fraction of sp³-hybridized carbons (Fsp3) is 0.571. The highest BCUT2D eigenvalue weighted by Crippen LogP contribution is 2.32. The van der Waals surface area contributed by atoms with Crippen molar-refractivity contribution in [2.75, 3.05) is 0 Å². The molecule has 0 radical (unpaired) electrons. The van der Waals surface area contributed by atoms with Crippen LogP contribution in [0.3, 0.4) is 0 Å². The first-order chi connectivity index (χ1) is 11.6. The van der Waals surface area contributed by atoms with E-state index in [2.05, 4.69) is 19.1 Å². The number of hydrogen-bond donors (Lipinski definition) is 0. The highest BCUT2D eigenvalue weighted by Gasteiger charge is 2.19. The third kappa shape index (κ3) is 5.44. The van der Waals surface area contributed by atoms with Crippen LogP contribution in [0, 0.1) is 34.8 Å². The van der Waals surface area contributed by atoms with E-state index in [1.165, 1.54) is 57.1 Å². The topological polar surface area (TPSA) is 23.8 Å². The van der Waals surface area contributed by atoms with Crippen LogP contribution in [0.4, 0.5) is 8.78 Å². The molecule has 0 N–H and O–H groups in total. The summed E-state index contributed by atoms with van der Waals surface area (Å²) in [6, 6.07) is 4.19. The molecule has 3 heteroatoms. The fourth-order valence-corrected chi connectivity index (χ4v) is 3.53. The Morgan fingerprint density at radius 1 is 1.17 bits per heavy atom. The summed E-state index contributed by atoms with van der Waals surface area (Å²) in [5.74, 6) is -0.128. The summed E-state index contributed by atoms with van der Waals surface area (Å²) in [5.41, 5.74) is 0.180. The molecule has 0 unspecified atom stereocenters. The number of hydrogen-bond acceptors (Lipinski definition) is 1. The van der Waals surface area contributed by atoms with E-state index >= 15 is 0 Å². The predicted octanol–water partition coefficient (Wildman–Crippen LogP) is 6.32. The molecule has 0 atom stereocenters. The van der Waals surface area contributed by atoms with E-state index in [4.69, 9.17) is 5.26 Å². The lowest BCUT2D eigenvalue weighted by Crippen LogP contribution is -2.14. The molecule has 1 aromatic rings. The average molecular weight is 331 g/mol. The lowest BCUT2D eigenvalue weighted by atomic mass is 9.79. The van der Waals surface area contributed by atoms with Crippen molar-refractivity contribution in [2.45, 2.75) is 64.7 Å². The zero-order valence-electron chi connectivity index (χ0n) is 14.5. The lowest BCUT2D eigenvalue weighted by Gasteiger charge is -2.26. The molecule has 0 heterocycles. The number of nitriles is 1. The zero-order chi connectivity index (χ0) is 17.4. The molecule has 24 heavy (non-hydrogen) atoms. The van der Waals surface area contributed by atoms with Crippen LogP contribution in [-0.4, -0.2) is 0 Å². The maximum absolute atomic E-state index is 13.6. The molecule has 130 valence electrons. The minimum atomic E-state index is -0.742. The van der Waals surface area contributed by atoms with E-state index in [9.17, 15) is 8.78 Å². The molecule has 0 aromatic heterocycles. The normalized spacial score (nSPS) is 21.1. The van der Waals surface area contributed by atoms with Crippen molar-refractivity contribution in [2.24, 2.45) is 11.8 Å². The van der Waals surface area contributed by atoms with Gasteiger partial charge in [0.05, 0.1) is 0 Å². The Bertz CT molecular complexity index is 569. The summed E-state index contributed by atoms with van der Waals surface area (Å²) in [6.45, 7) is 2.21. The van der Waals surface area contributed by atoms with E-state index in [0.717, 1.165) is 6.42 Å². The van der Waals surface area contributed by atoms with Gasteiger partial charge >= 0.3 is 0 Å². The van der Waals surface area contributed by atoms with Crippen LogP contribution in [0.2, 0.25) is 0 Å². The van der Waals surface area contributed by atoms with Crippen LogP contribution in [-0.2, 0) is 6.42 Å². The van der Waals surface area contributed by atoms with Gasteiger partial charge < -0.3 is 0 Å². The smallest absolute Gasteiger partial charge is 0.144 e. The van der Waals surface area contributed by atoms with E-state index in [1.807, 2.05) is 0 Å². The van der Waals surface area contributed by atoms with Gasteiger partial charge in [-0.3, -0.25) is 0 Å². The van der Waals surface area contributed by atoms with Crippen LogP contribution in [0.25, 0.3) is 0 Å². The summed E-state index contributed by atoms with van der Waals surface area (Å²) in [6.07, 6.45) is 14.9. The van der Waals surface area contributed by atoms with Crippen LogP contribution >= 0.6 is 0 Å². The van der Waals surface area contributed by atoms with Gasteiger partial charge in [0.1, 0.15) is 23.3 Å². The van der Waals surface area contributed by atoms with Gasteiger partial charge in [-0.2, -0.15) is 5.26 Å². The predicted molar refractivity (Wildman–Crippen MR) is 93.5 cm³/mol. The van der Waals surface area contributed by atoms with Gasteiger partial charge in [-0.1, -0.05) is 31.9 Å². The first-order valence-electron chi connectivity index (χ1n) is 9.18. The first kappa shape index (κ1) is 18.6. The SMILES string of the molecule is CCCC/C=C/C1CCC(CCc2cc(F)c(C#N)c(F)c2)CC1. The number of allylic oxidation sites excluding steroid dienone is 2. The molecule has 2 rings (SSSR count). The van der Waals surface area contributed by atoms with Crippen molar-refractivity contribution in [3.05, 3.63) is 47.0 Å². The van der Waals surface area contributed by atoms with Gasteiger partial charge in [0.25, 0.3) is 0 Å². The quantitative estimate of drug-likeness (QED) is 0.423. The van der Waals surface area contributed by atoms with Gasteiger partial charge in [-0.25, -0.2) is 8.78 Å². The van der Waals surface area contributed by atoms with Crippen molar-refractivity contribution < 1.29 is 8.78 Å². The zero-order valence-corrected chi connectivity index (χ0v) is 14.5. The Labute approximate surface area is 144 Å².